The van der Waals surface area contributed by atoms with Crippen LogP contribution >= 0.6 is 11.6 Å². The van der Waals surface area contributed by atoms with Crippen molar-refractivity contribution in [1.29, 1.82) is 0 Å². The molecule has 0 aliphatic carbocycles. The summed E-state index contributed by atoms with van der Waals surface area (Å²) in [5.74, 6) is -0.168. The number of hydrogen-bond acceptors (Lipinski definition) is 5. The highest BCUT2D eigenvalue weighted by atomic mass is 35.5. The fourth-order valence-electron chi connectivity index (χ4n) is 3.27. The fraction of sp³-hybridized carbons (Fsp3) is 0.368. The lowest BCUT2D eigenvalue weighted by Crippen LogP contribution is -2.49. The van der Waals surface area contributed by atoms with Gasteiger partial charge in [0.15, 0.2) is 9.84 Å². The standard InChI is InChI=1S/C19H20ClF3N2O4S2/c20-15-5-7-16(8-6-15)30(26,27)14-13-24-9-11-25(12-10-24)31(28,29)18-4-2-1-3-17(18)19(21,22)23/h1-8H,9-14H2. The molecule has 6 nitrogen and oxygen atoms in total. The molecule has 0 spiro atoms. The van der Waals surface area contributed by atoms with E-state index in [1.54, 1.807) is 4.90 Å². The maximum Gasteiger partial charge on any atom is 0.417 e. The molecule has 0 unspecified atom stereocenters. The van der Waals surface area contributed by atoms with E-state index < -0.39 is 36.5 Å². The smallest absolute Gasteiger partial charge is 0.300 e. The molecular weight excluding hydrogens is 477 g/mol. The number of rotatable bonds is 6. The first kappa shape index (κ1) is 24.0. The summed E-state index contributed by atoms with van der Waals surface area (Å²) in [6.45, 7) is 0.538. The Balaban J connectivity index is 1.64. The Hall–Kier alpha value is -1.66. The van der Waals surface area contributed by atoms with Crippen LogP contribution in [0.15, 0.2) is 58.3 Å². The quantitative estimate of drug-likeness (QED) is 0.614. The van der Waals surface area contributed by atoms with Gasteiger partial charge in [-0.2, -0.15) is 17.5 Å². The van der Waals surface area contributed by atoms with Crippen LogP contribution in [-0.2, 0) is 26.0 Å². The molecule has 0 radical (unpaired) electrons. The van der Waals surface area contributed by atoms with Crippen LogP contribution in [0.3, 0.4) is 0 Å². The van der Waals surface area contributed by atoms with Crippen molar-refractivity contribution in [3.63, 3.8) is 0 Å². The van der Waals surface area contributed by atoms with Crippen LogP contribution in [0.2, 0.25) is 5.02 Å². The molecule has 3 rings (SSSR count). The first-order chi connectivity index (χ1) is 14.4. The Kier molecular flexibility index (Phi) is 7.02. The first-order valence-corrected chi connectivity index (χ1v) is 12.8. The molecule has 1 heterocycles. The largest absolute Gasteiger partial charge is 0.417 e. The topological polar surface area (TPSA) is 74.8 Å². The van der Waals surface area contributed by atoms with Gasteiger partial charge in [0.2, 0.25) is 10.0 Å². The molecular formula is C19H20ClF3N2O4S2. The third-order valence-electron chi connectivity index (χ3n) is 4.99. The van der Waals surface area contributed by atoms with Crippen molar-refractivity contribution in [2.45, 2.75) is 16.0 Å². The van der Waals surface area contributed by atoms with Crippen LogP contribution in [0.25, 0.3) is 0 Å². The van der Waals surface area contributed by atoms with Crippen molar-refractivity contribution >= 4 is 31.5 Å². The van der Waals surface area contributed by atoms with Gasteiger partial charge in [-0.15, -0.1) is 0 Å². The van der Waals surface area contributed by atoms with Crippen molar-refractivity contribution in [2.75, 3.05) is 38.5 Å². The maximum atomic E-state index is 13.2. The van der Waals surface area contributed by atoms with E-state index in [-0.39, 0.29) is 43.4 Å². The van der Waals surface area contributed by atoms with Gasteiger partial charge < -0.3 is 0 Å². The minimum Gasteiger partial charge on any atom is -0.300 e. The maximum absolute atomic E-state index is 13.2. The summed E-state index contributed by atoms with van der Waals surface area (Å²) in [6.07, 6.45) is -4.79. The number of alkyl halides is 3. The van der Waals surface area contributed by atoms with Gasteiger partial charge in [-0.05, 0) is 36.4 Å². The van der Waals surface area contributed by atoms with Gasteiger partial charge >= 0.3 is 6.18 Å². The predicted octanol–water partition coefficient (Wildman–Crippen LogP) is 3.14. The summed E-state index contributed by atoms with van der Waals surface area (Å²) >= 11 is 5.77. The Labute approximate surface area is 184 Å². The van der Waals surface area contributed by atoms with E-state index in [1.807, 2.05) is 0 Å². The average Bonchev–Trinajstić information content (AvgIpc) is 2.72. The molecule has 12 heteroatoms. The molecule has 0 N–H and O–H groups in total. The summed E-state index contributed by atoms with van der Waals surface area (Å²) in [4.78, 5) is 1.14. The second kappa shape index (κ2) is 9.07. The molecule has 0 saturated carbocycles. The molecule has 31 heavy (non-hydrogen) atoms. The zero-order valence-electron chi connectivity index (χ0n) is 16.2. The Morgan fingerprint density at radius 3 is 2.03 bits per heavy atom. The zero-order valence-corrected chi connectivity index (χ0v) is 18.6. The summed E-state index contributed by atoms with van der Waals surface area (Å²) < 4.78 is 91.2. The molecule has 170 valence electrons. The lowest BCUT2D eigenvalue weighted by Gasteiger charge is -2.34. The van der Waals surface area contributed by atoms with Crippen LogP contribution < -0.4 is 0 Å². The van der Waals surface area contributed by atoms with Crippen molar-refractivity contribution in [3.05, 3.63) is 59.1 Å². The third-order valence-corrected chi connectivity index (χ3v) is 8.91. The summed E-state index contributed by atoms with van der Waals surface area (Å²) in [5, 5.41) is 0.420. The molecule has 2 aromatic rings. The van der Waals surface area contributed by atoms with E-state index in [0.29, 0.717) is 5.02 Å². The lowest BCUT2D eigenvalue weighted by molar-refractivity contribution is -0.139. The normalized spacial score (nSPS) is 17.0. The Morgan fingerprint density at radius 2 is 1.45 bits per heavy atom. The number of sulfone groups is 1. The van der Waals surface area contributed by atoms with Gasteiger partial charge in [-0.1, -0.05) is 23.7 Å². The van der Waals surface area contributed by atoms with Crippen LogP contribution in [0.1, 0.15) is 5.56 Å². The number of benzene rings is 2. The Morgan fingerprint density at radius 1 is 0.871 bits per heavy atom. The van der Waals surface area contributed by atoms with Gasteiger partial charge in [0.05, 0.1) is 21.1 Å². The average molecular weight is 497 g/mol. The highest BCUT2D eigenvalue weighted by Gasteiger charge is 2.39. The van der Waals surface area contributed by atoms with Crippen molar-refractivity contribution in [1.82, 2.24) is 9.21 Å². The molecule has 0 bridgehead atoms. The molecule has 0 amide bonds. The van der Waals surface area contributed by atoms with Gasteiger partial charge in [0.25, 0.3) is 0 Å². The molecule has 1 fully saturated rings. The second-order valence-electron chi connectivity index (χ2n) is 7.01. The van der Waals surface area contributed by atoms with Crippen molar-refractivity contribution < 1.29 is 30.0 Å². The molecule has 1 aliphatic rings. The summed E-state index contributed by atoms with van der Waals surface area (Å²) in [5.41, 5.74) is -1.20. The van der Waals surface area contributed by atoms with Gasteiger partial charge in [-0.25, -0.2) is 16.8 Å². The SMILES string of the molecule is O=S(=O)(CCN1CCN(S(=O)(=O)c2ccccc2C(F)(F)F)CC1)c1ccc(Cl)cc1. The monoisotopic (exact) mass is 496 g/mol. The van der Waals surface area contributed by atoms with E-state index in [4.69, 9.17) is 11.6 Å². The molecule has 0 aromatic heterocycles. The number of piperazine rings is 1. The van der Waals surface area contributed by atoms with E-state index in [0.717, 1.165) is 22.5 Å². The van der Waals surface area contributed by atoms with Gasteiger partial charge in [-0.3, -0.25) is 4.90 Å². The van der Waals surface area contributed by atoms with Crippen LogP contribution in [-0.4, -0.2) is 64.5 Å². The number of sulfonamides is 1. The summed E-state index contributed by atoms with van der Waals surface area (Å²) in [7, 11) is -7.87. The molecule has 1 aliphatic heterocycles. The Bertz CT molecular complexity index is 1130. The van der Waals surface area contributed by atoms with E-state index >= 15 is 0 Å². The minimum absolute atomic E-state index is 0.0322. The fourth-order valence-corrected chi connectivity index (χ4v) is 6.31. The number of nitrogens with zero attached hydrogens (tertiary/aromatic N) is 2. The van der Waals surface area contributed by atoms with Gasteiger partial charge in [0.1, 0.15) is 0 Å². The van der Waals surface area contributed by atoms with E-state index in [1.165, 1.54) is 30.3 Å². The van der Waals surface area contributed by atoms with E-state index in [9.17, 15) is 30.0 Å². The zero-order chi connectivity index (χ0) is 22.9. The third kappa shape index (κ3) is 5.58. The lowest BCUT2D eigenvalue weighted by atomic mass is 10.2. The van der Waals surface area contributed by atoms with E-state index in [2.05, 4.69) is 0 Å². The predicted molar refractivity (Wildman–Crippen MR) is 110 cm³/mol. The number of halogens is 4. The van der Waals surface area contributed by atoms with Crippen LogP contribution in [0.4, 0.5) is 13.2 Å². The van der Waals surface area contributed by atoms with Crippen LogP contribution in [0, 0.1) is 0 Å². The number of hydrogen-bond donors (Lipinski definition) is 0. The molecule has 2 aromatic carbocycles. The molecule has 0 atom stereocenters. The second-order valence-corrected chi connectivity index (χ2v) is 11.5. The highest BCUT2D eigenvalue weighted by molar-refractivity contribution is 7.91. The van der Waals surface area contributed by atoms with Crippen molar-refractivity contribution in [2.24, 2.45) is 0 Å². The molecule has 1 saturated heterocycles. The minimum atomic E-state index is -4.79. The highest BCUT2D eigenvalue weighted by Crippen LogP contribution is 2.35. The summed E-state index contributed by atoms with van der Waals surface area (Å²) in [6, 6.07) is 9.88. The van der Waals surface area contributed by atoms with Crippen LogP contribution in [0.5, 0.6) is 0 Å². The first-order valence-electron chi connectivity index (χ1n) is 9.28. The van der Waals surface area contributed by atoms with Gasteiger partial charge in [0, 0.05) is 37.7 Å². The van der Waals surface area contributed by atoms with Crippen molar-refractivity contribution in [3.8, 4) is 0 Å².